The van der Waals surface area contributed by atoms with Crippen LogP contribution in [0.4, 0.5) is 0 Å². The Balaban J connectivity index is 2.48. The maximum Gasteiger partial charge on any atom is 0.0638 e. The van der Waals surface area contributed by atoms with Gasteiger partial charge >= 0.3 is 0 Å². The summed E-state index contributed by atoms with van der Waals surface area (Å²) in [5.41, 5.74) is 0. The molecule has 1 atom stereocenters. The quantitative estimate of drug-likeness (QED) is 0.634. The zero-order valence-corrected chi connectivity index (χ0v) is 8.82. The summed E-state index contributed by atoms with van der Waals surface area (Å²) in [6, 6.07) is 3.30. The number of rotatable bonds is 2. The Morgan fingerprint density at radius 3 is 2.69 bits per heavy atom. The Bertz CT molecular complexity index is 195. The van der Waals surface area contributed by atoms with Crippen molar-refractivity contribution < 1.29 is 0 Å². The van der Waals surface area contributed by atoms with Gasteiger partial charge in [-0.25, -0.2) is 0 Å². The predicted molar refractivity (Wildman–Crippen MR) is 53.4 cm³/mol. The number of hydrogen-bond acceptors (Lipinski definition) is 3. The van der Waals surface area contributed by atoms with Gasteiger partial charge in [-0.15, -0.1) is 0 Å². The molecule has 3 nitrogen and oxygen atoms in total. The van der Waals surface area contributed by atoms with Crippen molar-refractivity contribution >= 4 is 0 Å². The van der Waals surface area contributed by atoms with Gasteiger partial charge in [0.25, 0.3) is 0 Å². The fraction of sp³-hybridized carbons (Fsp3) is 0.900. The van der Waals surface area contributed by atoms with Gasteiger partial charge in [0.05, 0.1) is 12.5 Å². The van der Waals surface area contributed by atoms with E-state index in [-0.39, 0.29) is 0 Å². The van der Waals surface area contributed by atoms with Crippen LogP contribution in [0.15, 0.2) is 0 Å². The zero-order chi connectivity index (χ0) is 9.84. The van der Waals surface area contributed by atoms with Gasteiger partial charge in [-0.1, -0.05) is 0 Å². The van der Waals surface area contributed by atoms with Crippen molar-refractivity contribution in [1.82, 2.24) is 9.80 Å². The molecule has 0 amide bonds. The third-order valence-electron chi connectivity index (χ3n) is 2.87. The maximum absolute atomic E-state index is 8.67. The van der Waals surface area contributed by atoms with Crippen molar-refractivity contribution in [1.29, 1.82) is 5.26 Å². The van der Waals surface area contributed by atoms with Crippen LogP contribution in [0.1, 0.15) is 20.3 Å². The number of nitrogens with zero attached hydrogens (tertiary/aromatic N) is 3. The number of piperazine rings is 1. The monoisotopic (exact) mass is 181 g/mol. The Morgan fingerprint density at radius 2 is 2.15 bits per heavy atom. The minimum Gasteiger partial charge on any atom is -0.300 e. The molecule has 0 aromatic heterocycles. The summed E-state index contributed by atoms with van der Waals surface area (Å²) in [7, 11) is 2.11. The first kappa shape index (κ1) is 10.5. The summed E-state index contributed by atoms with van der Waals surface area (Å²) in [5.74, 6) is 0. The highest BCUT2D eigenvalue weighted by molar-refractivity contribution is 4.88. The van der Waals surface area contributed by atoms with E-state index >= 15 is 0 Å². The van der Waals surface area contributed by atoms with Crippen LogP contribution >= 0.6 is 0 Å². The highest BCUT2D eigenvalue weighted by Gasteiger charge is 2.24. The van der Waals surface area contributed by atoms with Gasteiger partial charge < -0.3 is 0 Å². The van der Waals surface area contributed by atoms with E-state index < -0.39 is 0 Å². The first-order chi connectivity index (χ1) is 6.15. The molecule has 1 fully saturated rings. The van der Waals surface area contributed by atoms with Crippen LogP contribution in [0, 0.1) is 11.3 Å². The van der Waals surface area contributed by atoms with E-state index in [4.69, 9.17) is 5.26 Å². The fourth-order valence-corrected chi connectivity index (χ4v) is 1.76. The summed E-state index contributed by atoms with van der Waals surface area (Å²) in [6.45, 7) is 7.70. The Hall–Kier alpha value is -0.590. The normalized spacial score (nSPS) is 26.2. The molecule has 0 aromatic rings. The minimum absolute atomic E-state index is 0.432. The van der Waals surface area contributed by atoms with Gasteiger partial charge in [-0.3, -0.25) is 9.80 Å². The van der Waals surface area contributed by atoms with Gasteiger partial charge in [0.2, 0.25) is 0 Å². The number of likely N-dealkylation sites (N-methyl/N-ethyl adjacent to an activating group) is 1. The Labute approximate surface area is 80.9 Å². The average Bonchev–Trinajstić information content (AvgIpc) is 2.08. The van der Waals surface area contributed by atoms with E-state index in [9.17, 15) is 0 Å². The van der Waals surface area contributed by atoms with Crippen LogP contribution < -0.4 is 0 Å². The molecule has 3 heteroatoms. The summed E-state index contributed by atoms with van der Waals surface area (Å²) in [6.07, 6.45) is 0.653. The minimum atomic E-state index is 0.432. The van der Waals surface area contributed by atoms with Crippen molar-refractivity contribution in [2.45, 2.75) is 32.4 Å². The molecule has 0 spiro atoms. The lowest BCUT2D eigenvalue weighted by molar-refractivity contribution is 0.0768. The van der Waals surface area contributed by atoms with Crippen LogP contribution in [0.2, 0.25) is 0 Å². The number of hydrogen-bond donors (Lipinski definition) is 0. The highest BCUT2D eigenvalue weighted by atomic mass is 15.3. The molecule has 1 rings (SSSR count). The van der Waals surface area contributed by atoms with Gasteiger partial charge in [0.1, 0.15) is 0 Å². The first-order valence-electron chi connectivity index (χ1n) is 4.96. The molecule has 0 saturated carbocycles. The van der Waals surface area contributed by atoms with Crippen LogP contribution in [0.5, 0.6) is 0 Å². The van der Waals surface area contributed by atoms with E-state index in [2.05, 4.69) is 36.8 Å². The summed E-state index contributed by atoms with van der Waals surface area (Å²) in [5, 5.41) is 8.67. The summed E-state index contributed by atoms with van der Waals surface area (Å²) < 4.78 is 0. The molecule has 0 bridgehead atoms. The molecule has 0 N–H and O–H groups in total. The van der Waals surface area contributed by atoms with Crippen LogP contribution in [0.25, 0.3) is 0 Å². The second-order valence-corrected chi connectivity index (χ2v) is 4.09. The predicted octanol–water partition coefficient (Wildman–Crippen LogP) is 0.924. The SMILES string of the molecule is CC(C)N1CCN(C)[C@@H](CC#N)C1. The molecule has 0 aliphatic carbocycles. The Kier molecular flexibility index (Phi) is 3.71. The van der Waals surface area contributed by atoms with Crippen LogP contribution in [-0.2, 0) is 0 Å². The van der Waals surface area contributed by atoms with Crippen molar-refractivity contribution in [3.05, 3.63) is 0 Å². The fourth-order valence-electron chi connectivity index (χ4n) is 1.76. The lowest BCUT2D eigenvalue weighted by atomic mass is 10.1. The topological polar surface area (TPSA) is 30.3 Å². The molecule has 0 aromatic carbocycles. The second kappa shape index (κ2) is 4.59. The van der Waals surface area contributed by atoms with E-state index in [0.717, 1.165) is 19.6 Å². The second-order valence-electron chi connectivity index (χ2n) is 4.09. The molecule has 74 valence electrons. The molecule has 1 saturated heterocycles. The van der Waals surface area contributed by atoms with E-state index in [1.54, 1.807) is 0 Å². The van der Waals surface area contributed by atoms with Crippen molar-refractivity contribution in [2.75, 3.05) is 26.7 Å². The van der Waals surface area contributed by atoms with Gasteiger partial charge in [0.15, 0.2) is 0 Å². The third-order valence-corrected chi connectivity index (χ3v) is 2.87. The molecule has 13 heavy (non-hydrogen) atoms. The first-order valence-corrected chi connectivity index (χ1v) is 4.96. The lowest BCUT2D eigenvalue weighted by Crippen LogP contribution is -2.53. The van der Waals surface area contributed by atoms with Crippen molar-refractivity contribution in [2.24, 2.45) is 0 Å². The molecular formula is C10H19N3. The van der Waals surface area contributed by atoms with Crippen LogP contribution in [0.3, 0.4) is 0 Å². The van der Waals surface area contributed by atoms with E-state index in [1.807, 2.05) is 0 Å². The molecule has 1 heterocycles. The summed E-state index contributed by atoms with van der Waals surface area (Å²) in [4.78, 5) is 4.74. The largest absolute Gasteiger partial charge is 0.300 e. The molecule has 1 aliphatic heterocycles. The van der Waals surface area contributed by atoms with Crippen LogP contribution in [-0.4, -0.2) is 48.6 Å². The summed E-state index contributed by atoms with van der Waals surface area (Å²) >= 11 is 0. The standard InChI is InChI=1S/C10H19N3/c1-9(2)13-7-6-12(3)10(8-13)4-5-11/h9-10H,4,6-8H2,1-3H3/t10-/m0/s1. The van der Waals surface area contributed by atoms with Gasteiger partial charge in [0, 0.05) is 31.7 Å². The maximum atomic E-state index is 8.67. The molecular weight excluding hydrogens is 162 g/mol. The molecule has 1 aliphatic rings. The van der Waals surface area contributed by atoms with E-state index in [1.165, 1.54) is 0 Å². The van der Waals surface area contributed by atoms with Gasteiger partial charge in [-0.05, 0) is 20.9 Å². The zero-order valence-electron chi connectivity index (χ0n) is 8.82. The average molecular weight is 181 g/mol. The highest BCUT2D eigenvalue weighted by Crippen LogP contribution is 2.12. The van der Waals surface area contributed by atoms with E-state index in [0.29, 0.717) is 18.5 Å². The Morgan fingerprint density at radius 1 is 1.46 bits per heavy atom. The molecule has 0 unspecified atom stereocenters. The van der Waals surface area contributed by atoms with Crippen molar-refractivity contribution in [3.63, 3.8) is 0 Å². The molecule has 0 radical (unpaired) electrons. The third kappa shape index (κ3) is 2.68. The van der Waals surface area contributed by atoms with Crippen molar-refractivity contribution in [3.8, 4) is 6.07 Å². The lowest BCUT2D eigenvalue weighted by Gasteiger charge is -2.40. The van der Waals surface area contributed by atoms with Gasteiger partial charge in [-0.2, -0.15) is 5.26 Å². The smallest absolute Gasteiger partial charge is 0.0638 e. The number of nitriles is 1.